The maximum atomic E-state index is 10.8. The van der Waals surface area contributed by atoms with Gasteiger partial charge in [-0.25, -0.2) is 0 Å². The molecular weight excluding hydrogens is 432 g/mol. The molecule has 0 atom stereocenters. The zero-order valence-corrected chi connectivity index (χ0v) is 21.7. The zero-order valence-electron chi connectivity index (χ0n) is 21.7. The first-order valence-electron chi connectivity index (χ1n) is 12.9. The lowest BCUT2D eigenvalue weighted by atomic mass is 9.84. The highest BCUT2D eigenvalue weighted by Crippen LogP contribution is 2.43. The molecule has 0 radical (unpaired) electrons. The molecule has 4 heteroatoms. The van der Waals surface area contributed by atoms with Crippen LogP contribution in [-0.4, -0.2) is 37.3 Å². The minimum atomic E-state index is 0.306. The van der Waals surface area contributed by atoms with Crippen LogP contribution in [0.4, 0.5) is 5.69 Å². The fourth-order valence-corrected chi connectivity index (χ4v) is 5.41. The fourth-order valence-electron chi connectivity index (χ4n) is 5.41. The van der Waals surface area contributed by atoms with Crippen molar-refractivity contribution in [2.24, 2.45) is 5.92 Å². The highest BCUT2D eigenvalue weighted by atomic mass is 16.5. The van der Waals surface area contributed by atoms with Gasteiger partial charge in [-0.3, -0.25) is 0 Å². The first-order chi connectivity index (χ1) is 16.9. The van der Waals surface area contributed by atoms with Gasteiger partial charge in [-0.15, -0.1) is 0 Å². The first kappa shape index (κ1) is 25.1. The van der Waals surface area contributed by atoms with Crippen LogP contribution in [0.3, 0.4) is 0 Å². The minimum Gasteiger partial charge on any atom is -0.507 e. The standard InChI is InChI=1S/C31H40N2O2/c1-21(2)20-33(3)18-17-22-9-11-23(12-10-22)19-27-29(35-4)16-14-26(31(27)32)30-25-8-6-5-7-24(25)13-15-28(30)34/h9-16,21,34H,5-8,17-20,32H2,1-4H3. The molecule has 186 valence electrons. The summed E-state index contributed by atoms with van der Waals surface area (Å²) in [4.78, 5) is 2.40. The van der Waals surface area contributed by atoms with Crippen molar-refractivity contribution in [3.63, 3.8) is 0 Å². The topological polar surface area (TPSA) is 58.7 Å². The number of fused-ring (bicyclic) bond motifs is 1. The number of nitrogens with zero attached hydrogens (tertiary/aromatic N) is 1. The predicted molar refractivity (Wildman–Crippen MR) is 146 cm³/mol. The number of ether oxygens (including phenoxy) is 1. The molecule has 0 spiro atoms. The summed E-state index contributed by atoms with van der Waals surface area (Å²) in [6, 6.07) is 16.7. The Labute approximate surface area is 210 Å². The quantitative estimate of drug-likeness (QED) is 0.361. The number of phenolic OH excluding ortho intramolecular Hbond substituents is 1. The number of nitrogen functional groups attached to an aromatic ring is 1. The summed E-state index contributed by atoms with van der Waals surface area (Å²) in [7, 11) is 3.88. The van der Waals surface area contributed by atoms with Crippen molar-refractivity contribution in [2.45, 2.75) is 52.4 Å². The Morgan fingerprint density at radius 1 is 0.971 bits per heavy atom. The Morgan fingerprint density at radius 3 is 2.40 bits per heavy atom. The SMILES string of the molecule is COc1ccc(-c2c(O)ccc3c2CCCC3)c(N)c1Cc1ccc(CCN(C)CC(C)C)cc1. The average molecular weight is 473 g/mol. The van der Waals surface area contributed by atoms with Crippen molar-refractivity contribution in [3.05, 3.63) is 76.3 Å². The molecule has 4 rings (SSSR count). The van der Waals surface area contributed by atoms with Crippen LogP contribution in [0.1, 0.15) is 54.5 Å². The molecule has 0 aromatic heterocycles. The Balaban J connectivity index is 1.59. The van der Waals surface area contributed by atoms with Crippen molar-refractivity contribution in [3.8, 4) is 22.6 Å². The lowest BCUT2D eigenvalue weighted by Gasteiger charge is -2.23. The van der Waals surface area contributed by atoms with E-state index in [9.17, 15) is 5.11 Å². The summed E-state index contributed by atoms with van der Waals surface area (Å²) >= 11 is 0. The van der Waals surface area contributed by atoms with E-state index < -0.39 is 0 Å². The minimum absolute atomic E-state index is 0.306. The van der Waals surface area contributed by atoms with Crippen LogP contribution in [0.2, 0.25) is 0 Å². The van der Waals surface area contributed by atoms with E-state index >= 15 is 0 Å². The summed E-state index contributed by atoms with van der Waals surface area (Å²) in [5.74, 6) is 1.78. The third-order valence-electron chi connectivity index (χ3n) is 7.18. The van der Waals surface area contributed by atoms with Gasteiger partial charge in [-0.2, -0.15) is 0 Å². The molecule has 1 aliphatic carbocycles. The van der Waals surface area contributed by atoms with Crippen LogP contribution in [-0.2, 0) is 25.7 Å². The van der Waals surface area contributed by atoms with Gasteiger partial charge in [-0.1, -0.05) is 44.2 Å². The smallest absolute Gasteiger partial charge is 0.124 e. The molecule has 35 heavy (non-hydrogen) atoms. The Hall–Kier alpha value is -2.98. The molecule has 0 saturated carbocycles. The largest absolute Gasteiger partial charge is 0.507 e. The van der Waals surface area contributed by atoms with Crippen molar-refractivity contribution in [1.82, 2.24) is 4.90 Å². The predicted octanol–water partition coefficient (Wildman–Crippen LogP) is 6.25. The van der Waals surface area contributed by atoms with Gasteiger partial charge in [0.25, 0.3) is 0 Å². The van der Waals surface area contributed by atoms with E-state index in [2.05, 4.69) is 56.1 Å². The molecule has 0 unspecified atom stereocenters. The average Bonchev–Trinajstić information content (AvgIpc) is 2.85. The summed E-state index contributed by atoms with van der Waals surface area (Å²) < 4.78 is 5.70. The number of anilines is 1. The van der Waals surface area contributed by atoms with Crippen LogP contribution in [0.5, 0.6) is 11.5 Å². The molecule has 0 fully saturated rings. The summed E-state index contributed by atoms with van der Waals surface area (Å²) in [6.45, 7) is 6.70. The van der Waals surface area contributed by atoms with Crippen molar-refractivity contribution in [1.29, 1.82) is 0 Å². The number of nitrogens with two attached hydrogens (primary N) is 1. The van der Waals surface area contributed by atoms with Crippen molar-refractivity contribution >= 4 is 5.69 Å². The molecule has 0 heterocycles. The van der Waals surface area contributed by atoms with E-state index in [1.807, 2.05) is 18.2 Å². The van der Waals surface area contributed by atoms with Crippen LogP contribution in [0.25, 0.3) is 11.1 Å². The van der Waals surface area contributed by atoms with E-state index in [0.717, 1.165) is 61.2 Å². The number of aryl methyl sites for hydroxylation is 1. The maximum Gasteiger partial charge on any atom is 0.124 e. The lowest BCUT2D eigenvalue weighted by Crippen LogP contribution is -2.25. The van der Waals surface area contributed by atoms with Gasteiger partial charge in [0.1, 0.15) is 11.5 Å². The van der Waals surface area contributed by atoms with Crippen molar-refractivity contribution in [2.75, 3.05) is 33.0 Å². The van der Waals surface area contributed by atoms with Gasteiger partial charge in [-0.05, 0) is 85.5 Å². The van der Waals surface area contributed by atoms with Crippen LogP contribution in [0, 0.1) is 5.92 Å². The van der Waals surface area contributed by atoms with E-state index in [0.29, 0.717) is 23.8 Å². The van der Waals surface area contributed by atoms with Crippen LogP contribution >= 0.6 is 0 Å². The van der Waals surface area contributed by atoms with E-state index in [1.54, 1.807) is 7.11 Å². The first-order valence-corrected chi connectivity index (χ1v) is 12.9. The van der Waals surface area contributed by atoms with E-state index in [4.69, 9.17) is 10.5 Å². The van der Waals surface area contributed by atoms with Gasteiger partial charge in [0, 0.05) is 41.9 Å². The number of phenols is 1. The highest BCUT2D eigenvalue weighted by Gasteiger charge is 2.22. The maximum absolute atomic E-state index is 10.8. The molecule has 1 aliphatic rings. The Kier molecular flexibility index (Phi) is 8.02. The van der Waals surface area contributed by atoms with E-state index in [-0.39, 0.29) is 0 Å². The summed E-state index contributed by atoms with van der Waals surface area (Å²) in [5, 5.41) is 10.8. The Bertz CT molecular complexity index is 1150. The molecular formula is C31H40N2O2. The molecule has 4 nitrogen and oxygen atoms in total. The third-order valence-corrected chi connectivity index (χ3v) is 7.18. The number of hydrogen-bond donors (Lipinski definition) is 2. The number of likely N-dealkylation sites (N-methyl/N-ethyl adjacent to an activating group) is 1. The lowest BCUT2D eigenvalue weighted by molar-refractivity contribution is 0.299. The fraction of sp³-hybridized carbons (Fsp3) is 0.419. The summed E-state index contributed by atoms with van der Waals surface area (Å²) in [5.41, 5.74) is 15.4. The monoisotopic (exact) mass is 472 g/mol. The van der Waals surface area contributed by atoms with Crippen molar-refractivity contribution < 1.29 is 9.84 Å². The van der Waals surface area contributed by atoms with E-state index in [1.165, 1.54) is 28.7 Å². The molecule has 3 aromatic carbocycles. The number of aromatic hydroxyl groups is 1. The highest BCUT2D eigenvalue weighted by molar-refractivity contribution is 5.86. The Morgan fingerprint density at radius 2 is 1.69 bits per heavy atom. The third kappa shape index (κ3) is 5.82. The second-order valence-electron chi connectivity index (χ2n) is 10.4. The molecule has 0 saturated heterocycles. The molecule has 0 bridgehead atoms. The number of rotatable bonds is 9. The normalized spacial score (nSPS) is 13.3. The second-order valence-corrected chi connectivity index (χ2v) is 10.4. The van der Waals surface area contributed by atoms with Gasteiger partial charge in [0.05, 0.1) is 7.11 Å². The van der Waals surface area contributed by atoms with Gasteiger partial charge in [0.2, 0.25) is 0 Å². The second kappa shape index (κ2) is 11.2. The number of methoxy groups -OCH3 is 1. The van der Waals surface area contributed by atoms with Gasteiger partial charge < -0.3 is 20.5 Å². The molecule has 3 N–H and O–H groups in total. The molecule has 0 aliphatic heterocycles. The molecule has 0 amide bonds. The van der Waals surface area contributed by atoms with Gasteiger partial charge in [0.15, 0.2) is 0 Å². The number of benzene rings is 3. The molecule has 3 aromatic rings. The number of hydrogen-bond acceptors (Lipinski definition) is 4. The zero-order chi connectivity index (χ0) is 24.9. The van der Waals surface area contributed by atoms with Crippen LogP contribution in [0.15, 0.2) is 48.5 Å². The van der Waals surface area contributed by atoms with Crippen LogP contribution < -0.4 is 10.5 Å². The summed E-state index contributed by atoms with van der Waals surface area (Å²) in [6.07, 6.45) is 6.12. The van der Waals surface area contributed by atoms with Gasteiger partial charge >= 0.3 is 0 Å².